The first-order valence-electron chi connectivity index (χ1n) is 7.45. The van der Waals surface area contributed by atoms with E-state index < -0.39 is 0 Å². The summed E-state index contributed by atoms with van der Waals surface area (Å²) in [6.07, 6.45) is 0. The molecule has 0 heterocycles. The standard InChI is InChI=1S/C18H20ClN3O2/c1-13(20-21-17-7-5-4-6-16(17)19)14-8-10-15(11-9-14)24-12-18(23)22(2)3/h4-11,21H,12H2,1-3H3. The predicted octanol–water partition coefficient (Wildman–Crippen LogP) is 3.64. The van der Waals surface area contributed by atoms with Crippen molar-refractivity contribution in [3.63, 3.8) is 0 Å². The molecule has 0 fully saturated rings. The molecule has 2 aromatic carbocycles. The molecule has 0 aliphatic rings. The van der Waals surface area contributed by atoms with Crippen LogP contribution in [0.25, 0.3) is 0 Å². The fraction of sp³-hybridized carbons (Fsp3) is 0.222. The Morgan fingerprint density at radius 1 is 1.17 bits per heavy atom. The van der Waals surface area contributed by atoms with Crippen molar-refractivity contribution in [1.82, 2.24) is 4.90 Å². The number of hydrazone groups is 1. The van der Waals surface area contributed by atoms with Gasteiger partial charge in [0, 0.05) is 14.1 Å². The lowest BCUT2D eigenvalue weighted by atomic mass is 10.1. The maximum Gasteiger partial charge on any atom is 0.259 e. The zero-order valence-electron chi connectivity index (χ0n) is 13.9. The predicted molar refractivity (Wildman–Crippen MR) is 97.9 cm³/mol. The van der Waals surface area contributed by atoms with Crippen LogP contribution in [-0.2, 0) is 4.79 Å². The Hall–Kier alpha value is -2.53. The van der Waals surface area contributed by atoms with Gasteiger partial charge in [-0.25, -0.2) is 0 Å². The van der Waals surface area contributed by atoms with Gasteiger partial charge in [-0.3, -0.25) is 10.2 Å². The van der Waals surface area contributed by atoms with Crippen molar-refractivity contribution in [2.45, 2.75) is 6.92 Å². The zero-order valence-corrected chi connectivity index (χ0v) is 14.7. The highest BCUT2D eigenvalue weighted by molar-refractivity contribution is 6.33. The molecule has 6 heteroatoms. The number of likely N-dealkylation sites (N-methyl/N-ethyl adjacent to an activating group) is 1. The number of nitrogens with zero attached hydrogens (tertiary/aromatic N) is 2. The van der Waals surface area contributed by atoms with E-state index in [0.717, 1.165) is 17.0 Å². The third-order valence-corrected chi connectivity index (χ3v) is 3.68. The number of halogens is 1. The summed E-state index contributed by atoms with van der Waals surface area (Å²) >= 11 is 6.08. The molecule has 0 saturated carbocycles. The molecule has 0 aromatic heterocycles. The summed E-state index contributed by atoms with van der Waals surface area (Å²) in [5.41, 5.74) is 5.46. The van der Waals surface area contributed by atoms with Crippen molar-refractivity contribution in [2.75, 3.05) is 26.1 Å². The van der Waals surface area contributed by atoms with Gasteiger partial charge in [0.05, 0.1) is 16.4 Å². The van der Waals surface area contributed by atoms with Crippen molar-refractivity contribution in [3.8, 4) is 5.75 Å². The van der Waals surface area contributed by atoms with Gasteiger partial charge in [0.25, 0.3) is 5.91 Å². The molecule has 2 aromatic rings. The fourth-order valence-corrected chi connectivity index (χ4v) is 2.01. The van der Waals surface area contributed by atoms with E-state index >= 15 is 0 Å². The van der Waals surface area contributed by atoms with E-state index in [1.807, 2.05) is 49.4 Å². The lowest BCUT2D eigenvalue weighted by Gasteiger charge is -2.11. The average Bonchev–Trinajstić information content (AvgIpc) is 2.59. The van der Waals surface area contributed by atoms with E-state index in [1.165, 1.54) is 4.90 Å². The molecule has 5 nitrogen and oxygen atoms in total. The lowest BCUT2D eigenvalue weighted by molar-refractivity contribution is -0.130. The number of amides is 1. The summed E-state index contributed by atoms with van der Waals surface area (Å²) in [5.74, 6) is 0.557. The first-order valence-corrected chi connectivity index (χ1v) is 7.83. The van der Waals surface area contributed by atoms with E-state index in [0.29, 0.717) is 10.8 Å². The number of hydrogen-bond acceptors (Lipinski definition) is 4. The number of benzene rings is 2. The van der Waals surface area contributed by atoms with Crippen LogP contribution in [0.4, 0.5) is 5.69 Å². The van der Waals surface area contributed by atoms with Gasteiger partial charge in [0.2, 0.25) is 0 Å². The van der Waals surface area contributed by atoms with Crippen molar-refractivity contribution >= 4 is 28.9 Å². The largest absolute Gasteiger partial charge is 0.484 e. The maximum absolute atomic E-state index is 11.5. The number of carbonyl (C=O) groups excluding carboxylic acids is 1. The van der Waals surface area contributed by atoms with E-state index in [4.69, 9.17) is 16.3 Å². The van der Waals surface area contributed by atoms with Gasteiger partial charge in [-0.2, -0.15) is 5.10 Å². The van der Waals surface area contributed by atoms with Crippen LogP contribution < -0.4 is 10.2 Å². The molecule has 0 bridgehead atoms. The molecule has 0 radical (unpaired) electrons. The molecule has 0 spiro atoms. The van der Waals surface area contributed by atoms with E-state index in [9.17, 15) is 4.79 Å². The summed E-state index contributed by atoms with van der Waals surface area (Å²) in [6.45, 7) is 1.92. The first-order chi connectivity index (χ1) is 11.5. The summed E-state index contributed by atoms with van der Waals surface area (Å²) in [5, 5.41) is 4.95. The number of carbonyl (C=O) groups is 1. The van der Waals surface area contributed by atoms with Crippen molar-refractivity contribution in [1.29, 1.82) is 0 Å². The van der Waals surface area contributed by atoms with Crippen LogP contribution in [0.1, 0.15) is 12.5 Å². The number of para-hydroxylation sites is 1. The molecule has 0 aliphatic heterocycles. The van der Waals surface area contributed by atoms with Crippen LogP contribution in [0.3, 0.4) is 0 Å². The maximum atomic E-state index is 11.5. The Morgan fingerprint density at radius 2 is 1.83 bits per heavy atom. The van der Waals surface area contributed by atoms with Gasteiger partial charge < -0.3 is 9.64 Å². The minimum Gasteiger partial charge on any atom is -0.484 e. The van der Waals surface area contributed by atoms with Gasteiger partial charge in [-0.1, -0.05) is 23.7 Å². The molecule has 2 rings (SSSR count). The molecular formula is C18H20ClN3O2. The monoisotopic (exact) mass is 345 g/mol. The third kappa shape index (κ3) is 4.99. The minimum absolute atomic E-state index is 0.0213. The minimum atomic E-state index is -0.0826. The van der Waals surface area contributed by atoms with Gasteiger partial charge in [0.1, 0.15) is 5.75 Å². The number of ether oxygens (including phenoxy) is 1. The van der Waals surface area contributed by atoms with Crippen LogP contribution in [0.5, 0.6) is 5.75 Å². The smallest absolute Gasteiger partial charge is 0.259 e. The number of hydrogen-bond donors (Lipinski definition) is 1. The zero-order chi connectivity index (χ0) is 17.5. The van der Waals surface area contributed by atoms with Crippen LogP contribution in [-0.4, -0.2) is 37.2 Å². The molecule has 0 unspecified atom stereocenters. The third-order valence-electron chi connectivity index (χ3n) is 3.35. The van der Waals surface area contributed by atoms with Crippen molar-refractivity contribution in [2.24, 2.45) is 5.10 Å². The van der Waals surface area contributed by atoms with Crippen molar-refractivity contribution < 1.29 is 9.53 Å². The van der Waals surface area contributed by atoms with Crippen molar-refractivity contribution in [3.05, 3.63) is 59.1 Å². The summed E-state index contributed by atoms with van der Waals surface area (Å²) in [6, 6.07) is 14.8. The molecule has 0 atom stereocenters. The topological polar surface area (TPSA) is 53.9 Å². The number of anilines is 1. The molecule has 1 amide bonds. The van der Waals surface area contributed by atoms with E-state index in [1.54, 1.807) is 20.2 Å². The molecule has 0 aliphatic carbocycles. The second-order valence-electron chi connectivity index (χ2n) is 5.39. The average molecular weight is 346 g/mol. The SMILES string of the molecule is CC(=NNc1ccccc1Cl)c1ccc(OCC(=O)N(C)C)cc1. The summed E-state index contributed by atoms with van der Waals surface area (Å²) in [7, 11) is 3.39. The van der Waals surface area contributed by atoms with E-state index in [-0.39, 0.29) is 12.5 Å². The lowest BCUT2D eigenvalue weighted by Crippen LogP contribution is -2.27. The van der Waals surface area contributed by atoms with Gasteiger partial charge >= 0.3 is 0 Å². The molecule has 0 saturated heterocycles. The Kier molecular flexibility index (Phi) is 6.21. The van der Waals surface area contributed by atoms with Crippen LogP contribution >= 0.6 is 11.6 Å². The van der Waals surface area contributed by atoms with Gasteiger partial charge in [0.15, 0.2) is 6.61 Å². The summed E-state index contributed by atoms with van der Waals surface area (Å²) in [4.78, 5) is 13.0. The Labute approximate surface area is 146 Å². The first kappa shape index (κ1) is 17.8. The van der Waals surface area contributed by atoms with Crippen LogP contribution in [0, 0.1) is 0 Å². The normalized spacial score (nSPS) is 11.1. The van der Waals surface area contributed by atoms with Gasteiger partial charge in [-0.15, -0.1) is 0 Å². The quantitative estimate of drug-likeness (QED) is 0.642. The van der Waals surface area contributed by atoms with Crippen LogP contribution in [0.15, 0.2) is 53.6 Å². The Morgan fingerprint density at radius 3 is 2.46 bits per heavy atom. The molecule has 126 valence electrons. The Balaban J connectivity index is 1.98. The van der Waals surface area contributed by atoms with E-state index in [2.05, 4.69) is 10.5 Å². The highest BCUT2D eigenvalue weighted by Crippen LogP contribution is 2.20. The molecular weight excluding hydrogens is 326 g/mol. The molecule has 1 N–H and O–H groups in total. The van der Waals surface area contributed by atoms with Gasteiger partial charge in [-0.05, 0) is 48.9 Å². The van der Waals surface area contributed by atoms with Crippen LogP contribution in [0.2, 0.25) is 5.02 Å². The number of rotatable bonds is 6. The number of nitrogens with one attached hydrogen (secondary N) is 1. The second-order valence-corrected chi connectivity index (χ2v) is 5.80. The second kappa shape index (κ2) is 8.36. The highest BCUT2D eigenvalue weighted by Gasteiger charge is 2.05. The Bertz CT molecular complexity index is 727. The molecule has 24 heavy (non-hydrogen) atoms. The fourth-order valence-electron chi connectivity index (χ4n) is 1.83. The summed E-state index contributed by atoms with van der Waals surface area (Å²) < 4.78 is 5.44. The highest BCUT2D eigenvalue weighted by atomic mass is 35.5.